The molecule has 1 aromatic rings. The summed E-state index contributed by atoms with van der Waals surface area (Å²) in [5.41, 5.74) is 0.938. The van der Waals surface area contributed by atoms with Crippen LogP contribution >= 0.6 is 0 Å². The van der Waals surface area contributed by atoms with E-state index in [1.807, 2.05) is 6.07 Å². The van der Waals surface area contributed by atoms with Crippen molar-refractivity contribution in [2.45, 2.75) is 18.9 Å². The van der Waals surface area contributed by atoms with Crippen molar-refractivity contribution in [2.75, 3.05) is 0 Å². The number of aryl methyl sites for hydroxylation is 1. The highest BCUT2D eigenvalue weighted by Crippen LogP contribution is 2.20. The summed E-state index contributed by atoms with van der Waals surface area (Å²) in [6.45, 7) is 0. The van der Waals surface area contributed by atoms with Gasteiger partial charge in [-0.2, -0.15) is 5.26 Å². The molecule has 0 bridgehead atoms. The predicted molar refractivity (Wildman–Crippen MR) is 58.1 cm³/mol. The minimum atomic E-state index is -1.70. The van der Waals surface area contributed by atoms with Gasteiger partial charge in [0.1, 0.15) is 6.29 Å². The summed E-state index contributed by atoms with van der Waals surface area (Å²) in [6.07, 6.45) is -0.107. The molecular weight excluding hydrogens is 222 g/mol. The van der Waals surface area contributed by atoms with Crippen LogP contribution in [0.15, 0.2) is 18.2 Å². The smallest absolute Gasteiger partial charge is 0.337 e. The second-order valence-corrected chi connectivity index (χ2v) is 3.48. The van der Waals surface area contributed by atoms with Crippen molar-refractivity contribution in [1.29, 1.82) is 5.26 Å². The molecule has 1 unspecified atom stereocenters. The molecule has 0 heterocycles. The molecule has 0 amide bonds. The molecule has 0 aliphatic carbocycles. The highest BCUT2D eigenvalue weighted by molar-refractivity contribution is 5.75. The highest BCUT2D eigenvalue weighted by atomic mass is 16.4. The van der Waals surface area contributed by atoms with E-state index < -0.39 is 12.1 Å². The SMILES string of the molecule is N#Cc1cc(CCC=O)ccc1C(O)C(=O)O. The number of carboxylic acids is 1. The number of hydrogen-bond acceptors (Lipinski definition) is 4. The van der Waals surface area contributed by atoms with E-state index in [0.717, 1.165) is 11.8 Å². The van der Waals surface area contributed by atoms with Gasteiger partial charge >= 0.3 is 5.97 Å². The number of aliphatic hydroxyl groups is 1. The van der Waals surface area contributed by atoms with Gasteiger partial charge in [0.15, 0.2) is 6.10 Å². The van der Waals surface area contributed by atoms with E-state index in [1.54, 1.807) is 6.07 Å². The molecule has 1 atom stereocenters. The van der Waals surface area contributed by atoms with Crippen molar-refractivity contribution < 1.29 is 19.8 Å². The number of carboxylic acid groups (broad SMARTS) is 1. The Balaban J connectivity index is 3.06. The van der Waals surface area contributed by atoms with E-state index in [1.165, 1.54) is 12.1 Å². The van der Waals surface area contributed by atoms with Crippen molar-refractivity contribution in [2.24, 2.45) is 0 Å². The summed E-state index contributed by atoms with van der Waals surface area (Å²) in [6, 6.07) is 6.33. The lowest BCUT2D eigenvalue weighted by atomic mass is 9.98. The molecule has 17 heavy (non-hydrogen) atoms. The van der Waals surface area contributed by atoms with Crippen LogP contribution in [-0.4, -0.2) is 22.5 Å². The lowest BCUT2D eigenvalue weighted by Gasteiger charge is -2.09. The van der Waals surface area contributed by atoms with Crippen LogP contribution in [-0.2, 0) is 16.0 Å². The van der Waals surface area contributed by atoms with E-state index in [9.17, 15) is 14.7 Å². The zero-order valence-electron chi connectivity index (χ0n) is 8.96. The summed E-state index contributed by atoms with van der Waals surface area (Å²) < 4.78 is 0. The second-order valence-electron chi connectivity index (χ2n) is 3.48. The molecule has 0 aliphatic rings. The van der Waals surface area contributed by atoms with Gasteiger partial charge in [0.25, 0.3) is 0 Å². The van der Waals surface area contributed by atoms with Gasteiger partial charge in [-0.3, -0.25) is 0 Å². The second kappa shape index (κ2) is 5.77. The van der Waals surface area contributed by atoms with Crippen LogP contribution in [0.4, 0.5) is 0 Å². The van der Waals surface area contributed by atoms with E-state index >= 15 is 0 Å². The Bertz CT molecular complexity index is 476. The van der Waals surface area contributed by atoms with Crippen LogP contribution in [0.3, 0.4) is 0 Å². The summed E-state index contributed by atoms with van der Waals surface area (Å²) >= 11 is 0. The van der Waals surface area contributed by atoms with Gasteiger partial charge in [0.05, 0.1) is 11.6 Å². The van der Waals surface area contributed by atoms with Gasteiger partial charge in [-0.1, -0.05) is 12.1 Å². The standard InChI is InChI=1S/C12H11NO4/c13-7-9-6-8(2-1-5-14)3-4-10(9)11(15)12(16)17/h3-6,11,15H,1-2H2,(H,16,17). The van der Waals surface area contributed by atoms with Gasteiger partial charge in [0.2, 0.25) is 0 Å². The van der Waals surface area contributed by atoms with Crippen LogP contribution in [0.5, 0.6) is 0 Å². The summed E-state index contributed by atoms with van der Waals surface area (Å²) in [4.78, 5) is 20.8. The molecule has 0 radical (unpaired) electrons. The van der Waals surface area contributed by atoms with Crippen molar-refractivity contribution in [3.63, 3.8) is 0 Å². The fourth-order valence-corrected chi connectivity index (χ4v) is 1.45. The van der Waals surface area contributed by atoms with Crippen molar-refractivity contribution >= 4 is 12.3 Å². The minimum Gasteiger partial charge on any atom is -0.479 e. The first-order valence-corrected chi connectivity index (χ1v) is 4.97. The van der Waals surface area contributed by atoms with Crippen LogP contribution in [0, 0.1) is 11.3 Å². The number of carbonyl (C=O) groups excluding carboxylic acids is 1. The number of nitriles is 1. The average Bonchev–Trinajstić information content (AvgIpc) is 2.34. The fraction of sp³-hybridized carbons (Fsp3) is 0.250. The minimum absolute atomic E-state index is 0.0647. The lowest BCUT2D eigenvalue weighted by Crippen LogP contribution is -2.12. The molecule has 0 aliphatic heterocycles. The largest absolute Gasteiger partial charge is 0.479 e. The predicted octanol–water partition coefficient (Wildman–Crippen LogP) is 0.808. The number of aliphatic hydroxyl groups excluding tert-OH is 1. The Morgan fingerprint density at radius 2 is 2.24 bits per heavy atom. The first-order chi connectivity index (χ1) is 8.10. The first kappa shape index (κ1) is 12.9. The lowest BCUT2D eigenvalue weighted by molar-refractivity contribution is -0.147. The Morgan fingerprint density at radius 3 is 2.76 bits per heavy atom. The Kier molecular flexibility index (Phi) is 4.37. The monoisotopic (exact) mass is 233 g/mol. The summed E-state index contributed by atoms with van der Waals surface area (Å²) in [5.74, 6) is -1.40. The Labute approximate surface area is 97.9 Å². The normalized spacial score (nSPS) is 11.5. The Morgan fingerprint density at radius 1 is 1.53 bits per heavy atom. The number of rotatable bonds is 5. The van der Waals surface area contributed by atoms with Crippen LogP contribution < -0.4 is 0 Å². The molecule has 5 heteroatoms. The molecule has 0 saturated heterocycles. The van der Waals surface area contributed by atoms with Gasteiger partial charge in [-0.25, -0.2) is 4.79 Å². The van der Waals surface area contributed by atoms with Gasteiger partial charge < -0.3 is 15.0 Å². The quantitative estimate of drug-likeness (QED) is 0.733. The van der Waals surface area contributed by atoms with Crippen LogP contribution in [0.1, 0.15) is 29.2 Å². The maximum atomic E-state index is 10.6. The van der Waals surface area contributed by atoms with Crippen LogP contribution in [0.2, 0.25) is 0 Å². The molecule has 1 rings (SSSR count). The van der Waals surface area contributed by atoms with E-state index in [4.69, 9.17) is 10.4 Å². The third-order valence-corrected chi connectivity index (χ3v) is 2.32. The first-order valence-electron chi connectivity index (χ1n) is 4.97. The van der Waals surface area contributed by atoms with Gasteiger partial charge in [0, 0.05) is 12.0 Å². The van der Waals surface area contributed by atoms with Gasteiger partial charge in [-0.15, -0.1) is 0 Å². The molecule has 0 saturated carbocycles. The zero-order chi connectivity index (χ0) is 12.8. The third kappa shape index (κ3) is 3.13. The van der Waals surface area contributed by atoms with E-state index in [0.29, 0.717) is 12.8 Å². The van der Waals surface area contributed by atoms with Gasteiger partial charge in [-0.05, 0) is 18.1 Å². The molecule has 0 fully saturated rings. The van der Waals surface area contributed by atoms with Crippen molar-refractivity contribution in [3.8, 4) is 6.07 Å². The summed E-state index contributed by atoms with van der Waals surface area (Å²) in [7, 11) is 0. The molecule has 2 N–H and O–H groups in total. The van der Waals surface area contributed by atoms with Crippen LogP contribution in [0.25, 0.3) is 0 Å². The van der Waals surface area contributed by atoms with Crippen molar-refractivity contribution in [3.05, 3.63) is 34.9 Å². The number of aldehydes is 1. The van der Waals surface area contributed by atoms with Crippen molar-refractivity contribution in [1.82, 2.24) is 0 Å². The van der Waals surface area contributed by atoms with E-state index in [-0.39, 0.29) is 11.1 Å². The molecular formula is C12H11NO4. The zero-order valence-corrected chi connectivity index (χ0v) is 8.96. The topological polar surface area (TPSA) is 98.4 Å². The molecule has 0 spiro atoms. The highest BCUT2D eigenvalue weighted by Gasteiger charge is 2.19. The summed E-state index contributed by atoms with van der Waals surface area (Å²) in [5, 5.41) is 26.9. The number of benzene rings is 1. The maximum Gasteiger partial charge on any atom is 0.337 e. The molecule has 1 aromatic carbocycles. The molecule has 5 nitrogen and oxygen atoms in total. The number of aliphatic carboxylic acids is 1. The number of hydrogen-bond donors (Lipinski definition) is 2. The number of carbonyl (C=O) groups is 2. The van der Waals surface area contributed by atoms with E-state index in [2.05, 4.69) is 0 Å². The molecule has 0 aromatic heterocycles. The Hall–Kier alpha value is -2.19. The maximum absolute atomic E-state index is 10.6. The molecule has 88 valence electrons. The fourth-order valence-electron chi connectivity index (χ4n) is 1.45. The average molecular weight is 233 g/mol. The number of nitrogens with zero attached hydrogens (tertiary/aromatic N) is 1. The third-order valence-electron chi connectivity index (χ3n) is 2.32.